The third-order valence-corrected chi connectivity index (χ3v) is 26.8. The number of benzene rings is 17. The summed E-state index contributed by atoms with van der Waals surface area (Å²) in [4.78, 5) is 0. The highest BCUT2D eigenvalue weighted by atomic mass is 79.9. The van der Waals surface area contributed by atoms with E-state index in [2.05, 4.69) is 422 Å². The van der Waals surface area contributed by atoms with Crippen LogP contribution in [0, 0.1) is 0 Å². The molecule has 17 aromatic carbocycles. The zero-order valence-corrected chi connectivity index (χ0v) is 74.8. The average molecular weight is 1920 g/mol. The highest BCUT2D eigenvalue weighted by Gasteiger charge is 2.27. The summed E-state index contributed by atoms with van der Waals surface area (Å²) in [6.07, 6.45) is -1.03. The van der Waals surface area contributed by atoms with Crippen LogP contribution >= 0.6 is 63.7 Å². The van der Waals surface area contributed by atoms with E-state index < -0.39 is 0 Å². The smallest absolute Gasteiger partial charge is 0.184 e. The molecule has 4 fully saturated rings. The molecule has 4 aliphatic heterocycles. The molecule has 9 heterocycles. The number of hydrogen-bond acceptors (Lipinski definition) is 9. The minimum absolute atomic E-state index is 0.248. The predicted molar refractivity (Wildman–Crippen MR) is 526 cm³/mol. The van der Waals surface area contributed by atoms with Gasteiger partial charge in [0.2, 0.25) is 0 Å². The van der Waals surface area contributed by atoms with E-state index in [-0.39, 0.29) is 25.2 Å². The lowest BCUT2D eigenvalue weighted by Gasteiger charge is -2.13. The van der Waals surface area contributed by atoms with Gasteiger partial charge in [0.15, 0.2) is 25.2 Å². The van der Waals surface area contributed by atoms with Crippen molar-refractivity contribution in [3.05, 3.63) is 392 Å². The molecule has 127 heavy (non-hydrogen) atoms. The van der Waals surface area contributed by atoms with Gasteiger partial charge in [-0.05, 0) is 185 Å². The predicted octanol–water partition coefficient (Wildman–Crippen LogP) is 29.9. The van der Waals surface area contributed by atoms with Crippen molar-refractivity contribution < 1.29 is 42.3 Å². The molecule has 0 unspecified atom stereocenters. The van der Waals surface area contributed by atoms with Crippen LogP contribution in [-0.4, -0.2) is 71.1 Å². The van der Waals surface area contributed by atoms with Gasteiger partial charge >= 0.3 is 0 Å². The summed E-state index contributed by atoms with van der Waals surface area (Å²) in [5, 5.41) is 17.1. The number of halogens is 4. The Morgan fingerprint density at radius 2 is 0.606 bits per heavy atom. The Morgan fingerprint density at radius 1 is 0.228 bits per heavy atom. The summed E-state index contributed by atoms with van der Waals surface area (Å²) >= 11 is 14.8. The van der Waals surface area contributed by atoms with Gasteiger partial charge in [-0.3, -0.25) is 0 Å². The number of para-hydroxylation sites is 3. The molecule has 0 bridgehead atoms. The number of furan rings is 1. The van der Waals surface area contributed by atoms with Gasteiger partial charge in [0.1, 0.15) is 11.2 Å². The second kappa shape index (κ2) is 33.9. The van der Waals surface area contributed by atoms with Gasteiger partial charge in [0.25, 0.3) is 0 Å². The second-order valence-electron chi connectivity index (χ2n) is 32.1. The Balaban J connectivity index is 0.0000000977. The molecule has 620 valence electrons. The van der Waals surface area contributed by atoms with Crippen molar-refractivity contribution in [1.82, 2.24) is 18.3 Å². The lowest BCUT2D eigenvalue weighted by molar-refractivity contribution is -0.0443. The molecule has 4 aliphatic rings. The third kappa shape index (κ3) is 14.6. The molecule has 0 aliphatic carbocycles. The fraction of sp³-hybridized carbons (Fsp3) is 0.109. The maximum absolute atomic E-state index is 6.35. The number of aromatic nitrogens is 4. The first kappa shape index (κ1) is 79.5. The van der Waals surface area contributed by atoms with E-state index >= 15 is 0 Å². The van der Waals surface area contributed by atoms with E-state index in [0.717, 1.165) is 107 Å². The second-order valence-corrected chi connectivity index (χ2v) is 35.7. The molecule has 0 spiro atoms. The molecule has 5 aromatic heterocycles. The van der Waals surface area contributed by atoms with Crippen molar-refractivity contribution in [3.8, 4) is 45.0 Å². The molecule has 22 aromatic rings. The van der Waals surface area contributed by atoms with Crippen LogP contribution in [0.15, 0.2) is 374 Å². The van der Waals surface area contributed by atoms with E-state index in [0.29, 0.717) is 52.9 Å². The van der Waals surface area contributed by atoms with Crippen LogP contribution in [0.3, 0.4) is 0 Å². The lowest BCUT2D eigenvalue weighted by Crippen LogP contribution is -1.99. The third-order valence-electron chi connectivity index (χ3n) is 24.7. The highest BCUT2D eigenvalue weighted by Crippen LogP contribution is 2.46. The number of hydrogen-bond donors (Lipinski definition) is 0. The van der Waals surface area contributed by atoms with Gasteiger partial charge in [-0.15, -0.1) is 0 Å². The van der Waals surface area contributed by atoms with Crippen LogP contribution in [0.4, 0.5) is 0 Å². The Kier molecular flexibility index (Phi) is 21.2. The van der Waals surface area contributed by atoms with E-state index in [1.165, 1.54) is 109 Å². The zero-order chi connectivity index (χ0) is 84.7. The van der Waals surface area contributed by atoms with Crippen LogP contribution in [0.25, 0.3) is 176 Å². The van der Waals surface area contributed by atoms with E-state index in [9.17, 15) is 0 Å². The van der Waals surface area contributed by atoms with Gasteiger partial charge in [0.05, 0.1) is 97.0 Å². The van der Waals surface area contributed by atoms with Crippen molar-refractivity contribution in [2.45, 2.75) is 25.2 Å². The zero-order valence-electron chi connectivity index (χ0n) is 68.4. The van der Waals surface area contributed by atoms with Crippen LogP contribution in [0.5, 0.6) is 0 Å². The fourth-order valence-corrected chi connectivity index (χ4v) is 20.6. The van der Waals surface area contributed by atoms with Crippen LogP contribution in [0.2, 0.25) is 0 Å². The number of nitrogens with zero attached hydrogens (tertiary/aromatic N) is 4. The number of ether oxygens (including phenoxy) is 8. The molecule has 4 saturated heterocycles. The Hall–Kier alpha value is -12.1. The molecule has 17 heteroatoms. The summed E-state index contributed by atoms with van der Waals surface area (Å²) in [6.45, 7) is 5.19. The van der Waals surface area contributed by atoms with Crippen molar-refractivity contribution in [2.75, 3.05) is 52.9 Å². The van der Waals surface area contributed by atoms with Gasteiger partial charge < -0.3 is 60.6 Å². The minimum Gasteiger partial charge on any atom is -0.455 e. The number of rotatable bonds is 10. The maximum Gasteiger partial charge on any atom is 0.184 e. The molecule has 0 atom stereocenters. The molecule has 0 N–H and O–H groups in total. The van der Waals surface area contributed by atoms with E-state index in [4.69, 9.17) is 42.3 Å². The first-order valence-corrected chi connectivity index (χ1v) is 45.8. The summed E-state index contributed by atoms with van der Waals surface area (Å²) in [6, 6.07) is 124. The molecular formula is C110H78Br4N4O9. The van der Waals surface area contributed by atoms with Gasteiger partial charge in [-0.2, -0.15) is 0 Å². The van der Waals surface area contributed by atoms with Crippen LogP contribution < -0.4 is 0 Å². The molecule has 0 amide bonds. The fourth-order valence-electron chi connectivity index (χ4n) is 18.9. The topological polar surface area (TPSA) is 107 Å². The minimum atomic E-state index is -0.276. The van der Waals surface area contributed by atoms with Gasteiger partial charge in [0, 0.05) is 128 Å². The Labute approximate surface area is 763 Å². The molecule has 26 rings (SSSR count). The first-order valence-electron chi connectivity index (χ1n) is 42.6. The Bertz CT molecular complexity index is 7980. The van der Waals surface area contributed by atoms with Gasteiger partial charge in [-0.1, -0.05) is 264 Å². The van der Waals surface area contributed by atoms with Crippen LogP contribution in [0.1, 0.15) is 47.4 Å². The summed E-state index contributed by atoms with van der Waals surface area (Å²) in [5.74, 6) is 0. The SMILES string of the molecule is Brc1cc2c3ccccc3n(-c3ccc(C4OCCO4)cc3)c2c2ccccc12.Brc1ccc2c(c1)c1c3ccccc3ccc1n2-c1ccc(C2OCCO2)cc1.Brc1ccc2c(c1)c1cc(-c3cccc4c3oc3ccccc34)ccc1n2-c1ccc(C2OCCO2)cc1.Brc1ccc2c(c1)c1cc(-c3ccccc3)ccc1n2-c1ccc(C2OCCO2)cc1. The molecule has 0 radical (unpaired) electrons. The van der Waals surface area contributed by atoms with E-state index in [1.807, 2.05) is 12.1 Å². The number of fused-ring (bicyclic) bond motifs is 19. The van der Waals surface area contributed by atoms with Crippen molar-refractivity contribution >= 4 is 194 Å². The van der Waals surface area contributed by atoms with Crippen molar-refractivity contribution in [2.24, 2.45) is 0 Å². The quantitative estimate of drug-likeness (QED) is 0.132. The first-order chi connectivity index (χ1) is 62.6. The maximum atomic E-state index is 6.35. The summed E-state index contributed by atoms with van der Waals surface area (Å²) < 4.78 is 65.3. The summed E-state index contributed by atoms with van der Waals surface area (Å²) in [5.41, 5.74) is 24.7. The molecular weight excluding hydrogens is 1840 g/mol. The molecule has 0 saturated carbocycles. The van der Waals surface area contributed by atoms with E-state index in [1.54, 1.807) is 0 Å². The highest BCUT2D eigenvalue weighted by molar-refractivity contribution is 9.11. The van der Waals surface area contributed by atoms with Crippen molar-refractivity contribution in [3.63, 3.8) is 0 Å². The summed E-state index contributed by atoms with van der Waals surface area (Å²) in [7, 11) is 0. The Morgan fingerprint density at radius 3 is 1.13 bits per heavy atom. The normalized spacial score (nSPS) is 14.8. The van der Waals surface area contributed by atoms with Crippen molar-refractivity contribution in [1.29, 1.82) is 0 Å². The average Bonchev–Trinajstić information content (AvgIpc) is 1.61. The monoisotopic (exact) mass is 1910 g/mol. The standard InChI is InChI=1S/C33H22BrNO3.C27H20BrNO2.2C25H18BrNO2/c34-22-11-15-30-28(19-22)27-18-21(24-5-3-6-26-25-4-1-2-7-31(25)38-32(24)26)10-14-29(27)35(30)23-12-8-20(9-13-23)33-36-16-17-37-33;28-21-9-13-26-24(17-21)23-16-20(18-4-2-1-3-5-18)8-12-25(23)29(26)22-10-6-19(7-11-22)27-30-14-15-31-27;26-22-15-21-19-6-3-4-8-23(19)27(24(21)20-7-2-1-5-18(20)22)17-11-9-16(10-12-17)25-28-13-14-29-25;26-18-8-12-22-21(15-18)24-20-4-2-1-3-16(20)7-11-23(24)27(22)19-9-5-17(6-10-19)25-28-13-14-29-25/h1-15,18-19,33H,16-17H2;1-13,16-17,27H,14-15H2;2*1-12,15,25H,13-14H2. The molecule has 13 nitrogen and oxygen atoms in total. The largest absolute Gasteiger partial charge is 0.455 e. The lowest BCUT2D eigenvalue weighted by atomic mass is 10.0. The van der Waals surface area contributed by atoms with Gasteiger partial charge in [-0.25, -0.2) is 0 Å². The van der Waals surface area contributed by atoms with Crippen LogP contribution in [-0.2, 0) is 37.9 Å².